The van der Waals surface area contributed by atoms with E-state index in [4.69, 9.17) is 0 Å². The SMILES string of the molecule is O=C(O)C1CCCN(C(=O)c2cccnc2SC/C=C/c2ccccc2)C1. The van der Waals surface area contributed by atoms with Crippen LogP contribution in [0.4, 0.5) is 0 Å². The summed E-state index contributed by atoms with van der Waals surface area (Å²) in [6.45, 7) is 0.858. The van der Waals surface area contributed by atoms with Crippen molar-refractivity contribution in [3.63, 3.8) is 0 Å². The smallest absolute Gasteiger partial charge is 0.308 e. The van der Waals surface area contributed by atoms with Crippen molar-refractivity contribution in [3.8, 4) is 0 Å². The van der Waals surface area contributed by atoms with Crippen LogP contribution in [-0.2, 0) is 4.79 Å². The molecule has 2 heterocycles. The molecule has 0 spiro atoms. The number of piperidine rings is 1. The number of carbonyl (C=O) groups is 2. The average molecular weight is 382 g/mol. The Labute approximate surface area is 163 Å². The fourth-order valence-corrected chi connectivity index (χ4v) is 3.87. The molecular formula is C21H22N2O3S. The lowest BCUT2D eigenvalue weighted by atomic mass is 9.98. The second-order valence-corrected chi connectivity index (χ2v) is 7.42. The summed E-state index contributed by atoms with van der Waals surface area (Å²) in [5.41, 5.74) is 1.67. The third-order valence-electron chi connectivity index (χ3n) is 4.49. The average Bonchev–Trinajstić information content (AvgIpc) is 2.72. The molecule has 6 heteroatoms. The number of carbonyl (C=O) groups excluding carboxylic acids is 1. The molecule has 1 fully saturated rings. The van der Waals surface area contributed by atoms with E-state index < -0.39 is 11.9 Å². The Hall–Kier alpha value is -2.60. The number of thioether (sulfide) groups is 1. The maximum atomic E-state index is 12.9. The standard InChI is InChI=1S/C21H22N2O3S/c24-20(23-13-5-10-17(15-23)21(25)26)18-11-4-12-22-19(18)27-14-6-9-16-7-2-1-3-8-16/h1-4,6-9,11-12,17H,5,10,13-15H2,(H,25,26)/b9-6+. The number of benzene rings is 1. The van der Waals surface area contributed by atoms with Gasteiger partial charge in [0.25, 0.3) is 5.91 Å². The number of aliphatic carboxylic acids is 1. The van der Waals surface area contributed by atoms with Gasteiger partial charge in [-0.05, 0) is 30.5 Å². The Morgan fingerprint density at radius 1 is 1.22 bits per heavy atom. The van der Waals surface area contributed by atoms with Crippen molar-refractivity contribution < 1.29 is 14.7 Å². The molecule has 1 atom stereocenters. The lowest BCUT2D eigenvalue weighted by Gasteiger charge is -2.31. The summed E-state index contributed by atoms with van der Waals surface area (Å²) in [7, 11) is 0. The number of aromatic nitrogens is 1. The molecule has 1 aliphatic rings. The first-order valence-corrected chi connectivity index (χ1v) is 9.95. The number of rotatable bonds is 6. The summed E-state index contributed by atoms with van der Waals surface area (Å²) < 4.78 is 0. The molecular weight excluding hydrogens is 360 g/mol. The molecule has 1 unspecified atom stereocenters. The van der Waals surface area contributed by atoms with Crippen LogP contribution in [0.3, 0.4) is 0 Å². The van der Waals surface area contributed by atoms with Gasteiger partial charge in [0, 0.05) is 25.0 Å². The van der Waals surface area contributed by atoms with E-state index in [2.05, 4.69) is 4.98 Å². The molecule has 2 aromatic rings. The molecule has 5 nitrogen and oxygen atoms in total. The van der Waals surface area contributed by atoms with Crippen LogP contribution in [0.5, 0.6) is 0 Å². The Kier molecular flexibility index (Phi) is 6.65. The Bertz CT molecular complexity index is 823. The molecule has 140 valence electrons. The second-order valence-electron chi connectivity index (χ2n) is 6.41. The zero-order valence-electron chi connectivity index (χ0n) is 15.0. The highest BCUT2D eigenvalue weighted by molar-refractivity contribution is 7.99. The van der Waals surface area contributed by atoms with Crippen molar-refractivity contribution in [1.82, 2.24) is 9.88 Å². The van der Waals surface area contributed by atoms with Gasteiger partial charge in [-0.3, -0.25) is 9.59 Å². The Morgan fingerprint density at radius 3 is 2.81 bits per heavy atom. The predicted octanol–water partition coefficient (Wildman–Crippen LogP) is 3.82. The van der Waals surface area contributed by atoms with Gasteiger partial charge >= 0.3 is 5.97 Å². The summed E-state index contributed by atoms with van der Waals surface area (Å²) in [5.74, 6) is -0.753. The van der Waals surface area contributed by atoms with Crippen LogP contribution in [0.2, 0.25) is 0 Å². The van der Waals surface area contributed by atoms with E-state index in [0.29, 0.717) is 35.7 Å². The van der Waals surface area contributed by atoms with Crippen LogP contribution in [-0.4, -0.2) is 45.7 Å². The number of carboxylic acids is 1. The van der Waals surface area contributed by atoms with Crippen molar-refractivity contribution in [1.29, 1.82) is 0 Å². The van der Waals surface area contributed by atoms with Gasteiger partial charge in [-0.25, -0.2) is 4.98 Å². The van der Waals surface area contributed by atoms with Gasteiger partial charge in [-0.15, -0.1) is 11.8 Å². The van der Waals surface area contributed by atoms with E-state index in [-0.39, 0.29) is 12.5 Å². The van der Waals surface area contributed by atoms with E-state index in [0.717, 1.165) is 5.56 Å². The lowest BCUT2D eigenvalue weighted by Crippen LogP contribution is -2.42. The molecule has 1 aliphatic heterocycles. The van der Waals surface area contributed by atoms with Crippen molar-refractivity contribution in [2.75, 3.05) is 18.8 Å². The topological polar surface area (TPSA) is 70.5 Å². The summed E-state index contributed by atoms with van der Waals surface area (Å²) in [6, 6.07) is 13.5. The van der Waals surface area contributed by atoms with Gasteiger partial charge in [0.1, 0.15) is 5.03 Å². The molecule has 0 radical (unpaired) electrons. The quantitative estimate of drug-likeness (QED) is 0.769. The van der Waals surface area contributed by atoms with E-state index in [1.54, 1.807) is 23.2 Å². The first kappa shape index (κ1) is 19.2. The maximum Gasteiger partial charge on any atom is 0.308 e. The summed E-state index contributed by atoms with van der Waals surface area (Å²) >= 11 is 1.50. The molecule has 0 saturated carbocycles. The van der Waals surface area contributed by atoms with E-state index >= 15 is 0 Å². The molecule has 0 bridgehead atoms. The predicted molar refractivity (Wildman–Crippen MR) is 107 cm³/mol. The van der Waals surface area contributed by atoms with Crippen molar-refractivity contribution in [2.24, 2.45) is 5.92 Å². The summed E-state index contributed by atoms with van der Waals surface area (Å²) in [6.07, 6.45) is 7.10. The summed E-state index contributed by atoms with van der Waals surface area (Å²) in [4.78, 5) is 30.2. The fraction of sp³-hybridized carbons (Fsp3) is 0.286. The van der Waals surface area contributed by atoms with Crippen LogP contribution in [0.25, 0.3) is 6.08 Å². The Morgan fingerprint density at radius 2 is 2.04 bits per heavy atom. The van der Waals surface area contributed by atoms with Gasteiger partial charge in [-0.2, -0.15) is 0 Å². The molecule has 1 aromatic heterocycles. The third-order valence-corrected chi connectivity index (χ3v) is 5.44. The minimum Gasteiger partial charge on any atom is -0.481 e. The third kappa shape index (κ3) is 5.20. The number of likely N-dealkylation sites (tertiary alicyclic amines) is 1. The number of hydrogen-bond donors (Lipinski definition) is 1. The number of amides is 1. The van der Waals surface area contributed by atoms with Crippen LogP contribution >= 0.6 is 11.8 Å². The largest absolute Gasteiger partial charge is 0.481 e. The first-order valence-electron chi connectivity index (χ1n) is 8.96. The fourth-order valence-electron chi connectivity index (χ4n) is 3.08. The minimum atomic E-state index is -0.834. The second kappa shape index (κ2) is 9.37. The number of carboxylic acid groups (broad SMARTS) is 1. The van der Waals surface area contributed by atoms with E-state index in [1.165, 1.54) is 11.8 Å². The zero-order valence-corrected chi connectivity index (χ0v) is 15.8. The molecule has 0 aliphatic carbocycles. The van der Waals surface area contributed by atoms with Crippen LogP contribution in [0.1, 0.15) is 28.8 Å². The van der Waals surface area contributed by atoms with Crippen molar-refractivity contribution >= 4 is 29.7 Å². The monoisotopic (exact) mass is 382 g/mol. The van der Waals surface area contributed by atoms with Gasteiger partial charge < -0.3 is 10.0 Å². The highest BCUT2D eigenvalue weighted by atomic mass is 32.2. The van der Waals surface area contributed by atoms with E-state index in [1.807, 2.05) is 42.5 Å². The highest BCUT2D eigenvalue weighted by Crippen LogP contribution is 2.24. The molecule has 1 amide bonds. The normalized spacial score (nSPS) is 17.2. The van der Waals surface area contributed by atoms with Crippen molar-refractivity contribution in [2.45, 2.75) is 17.9 Å². The lowest BCUT2D eigenvalue weighted by molar-refractivity contribution is -0.143. The van der Waals surface area contributed by atoms with Crippen LogP contribution in [0.15, 0.2) is 59.8 Å². The van der Waals surface area contributed by atoms with Gasteiger partial charge in [-0.1, -0.05) is 42.5 Å². The van der Waals surface area contributed by atoms with Crippen LogP contribution in [0, 0.1) is 5.92 Å². The van der Waals surface area contributed by atoms with Gasteiger partial charge in [0.2, 0.25) is 0 Å². The summed E-state index contributed by atoms with van der Waals surface area (Å²) in [5, 5.41) is 9.92. The Balaban J connectivity index is 1.65. The highest BCUT2D eigenvalue weighted by Gasteiger charge is 2.29. The van der Waals surface area contributed by atoms with E-state index in [9.17, 15) is 14.7 Å². The van der Waals surface area contributed by atoms with Crippen LogP contribution < -0.4 is 0 Å². The molecule has 1 saturated heterocycles. The van der Waals surface area contributed by atoms with Gasteiger partial charge in [0.05, 0.1) is 11.5 Å². The molecule has 1 N–H and O–H groups in total. The molecule has 3 rings (SSSR count). The van der Waals surface area contributed by atoms with Crippen molar-refractivity contribution in [3.05, 3.63) is 65.9 Å². The number of pyridine rings is 1. The number of hydrogen-bond acceptors (Lipinski definition) is 4. The molecule has 27 heavy (non-hydrogen) atoms. The van der Waals surface area contributed by atoms with Gasteiger partial charge in [0.15, 0.2) is 0 Å². The zero-order chi connectivity index (χ0) is 19.1. The molecule has 1 aromatic carbocycles. The maximum absolute atomic E-state index is 12.9. The number of nitrogens with zero attached hydrogens (tertiary/aromatic N) is 2. The first-order chi connectivity index (χ1) is 13.1. The minimum absolute atomic E-state index is 0.136.